The molecule has 1 N–H and O–H groups in total. The van der Waals surface area contributed by atoms with Gasteiger partial charge < -0.3 is 14.8 Å². The quantitative estimate of drug-likeness (QED) is 0.423. The first-order chi connectivity index (χ1) is 15.7. The summed E-state index contributed by atoms with van der Waals surface area (Å²) in [5.41, 5.74) is 2.82. The Morgan fingerprint density at radius 1 is 0.969 bits per heavy atom. The summed E-state index contributed by atoms with van der Waals surface area (Å²) in [5.74, 6) is 1.61. The zero-order chi connectivity index (χ0) is 21.9. The predicted molar refractivity (Wildman–Crippen MR) is 125 cm³/mol. The Kier molecular flexibility index (Phi) is 5.64. The van der Waals surface area contributed by atoms with E-state index in [1.54, 1.807) is 0 Å². The number of aromatic nitrogens is 2. The Morgan fingerprint density at radius 2 is 1.72 bits per heavy atom. The van der Waals surface area contributed by atoms with E-state index in [0.29, 0.717) is 5.75 Å². The third kappa shape index (κ3) is 4.11. The van der Waals surface area contributed by atoms with E-state index in [0.717, 1.165) is 38.4 Å². The molecule has 0 unspecified atom stereocenters. The van der Waals surface area contributed by atoms with Crippen molar-refractivity contribution in [1.29, 1.82) is 0 Å². The highest BCUT2D eigenvalue weighted by atomic mass is 32.2. The summed E-state index contributed by atoms with van der Waals surface area (Å²) in [6.07, 6.45) is 0. The molecule has 0 aliphatic carbocycles. The van der Waals surface area contributed by atoms with Gasteiger partial charge in [-0.05, 0) is 24.6 Å². The summed E-state index contributed by atoms with van der Waals surface area (Å²) in [5, 5.41) is 14.7. The van der Waals surface area contributed by atoms with E-state index >= 15 is 0 Å². The highest BCUT2D eigenvalue weighted by Gasteiger charge is 2.18. The molecule has 5 rings (SSSR count). The number of ether oxygens (including phenoxy) is 2. The van der Waals surface area contributed by atoms with Gasteiger partial charge in [0, 0.05) is 16.3 Å². The summed E-state index contributed by atoms with van der Waals surface area (Å²) >= 11 is 1.39. The summed E-state index contributed by atoms with van der Waals surface area (Å²) in [6.45, 7) is 2.18. The summed E-state index contributed by atoms with van der Waals surface area (Å²) in [7, 11) is 0. The average Bonchev–Trinajstić information content (AvgIpc) is 3.31. The van der Waals surface area contributed by atoms with Gasteiger partial charge in [-0.2, -0.15) is 0 Å². The zero-order valence-corrected chi connectivity index (χ0v) is 18.3. The molecule has 1 aliphatic rings. The Labute approximate surface area is 190 Å². The SMILES string of the molecule is C[C@H](NC(=O)CSc1nnc(-c2ccccc2)c2ccccc12)c1ccc2c(c1)OCO2. The molecule has 1 aliphatic heterocycles. The third-order valence-corrected chi connectivity index (χ3v) is 6.30. The number of nitrogens with one attached hydrogen (secondary N) is 1. The second-order valence-electron chi connectivity index (χ2n) is 7.46. The van der Waals surface area contributed by atoms with Crippen LogP contribution in [-0.4, -0.2) is 28.7 Å². The number of hydrogen-bond donors (Lipinski definition) is 1. The maximum absolute atomic E-state index is 12.6. The topological polar surface area (TPSA) is 73.3 Å². The highest BCUT2D eigenvalue weighted by Crippen LogP contribution is 2.34. The molecule has 7 heteroatoms. The second-order valence-corrected chi connectivity index (χ2v) is 8.42. The maximum Gasteiger partial charge on any atom is 0.231 e. The van der Waals surface area contributed by atoms with Gasteiger partial charge in [0.25, 0.3) is 0 Å². The van der Waals surface area contributed by atoms with Crippen molar-refractivity contribution in [3.05, 3.63) is 78.4 Å². The highest BCUT2D eigenvalue weighted by molar-refractivity contribution is 8.00. The lowest BCUT2D eigenvalue weighted by Gasteiger charge is -2.15. The molecule has 1 atom stereocenters. The van der Waals surface area contributed by atoms with Crippen LogP contribution in [-0.2, 0) is 4.79 Å². The number of hydrogen-bond acceptors (Lipinski definition) is 6. The van der Waals surface area contributed by atoms with Gasteiger partial charge in [0.15, 0.2) is 11.5 Å². The Hall–Kier alpha value is -3.58. The number of carbonyl (C=O) groups excluding carboxylic acids is 1. The third-order valence-electron chi connectivity index (χ3n) is 5.31. The molecule has 1 aromatic heterocycles. The van der Waals surface area contributed by atoms with E-state index in [1.807, 2.05) is 79.7 Å². The van der Waals surface area contributed by atoms with Crippen molar-refractivity contribution in [3.63, 3.8) is 0 Å². The zero-order valence-electron chi connectivity index (χ0n) is 17.4. The first-order valence-electron chi connectivity index (χ1n) is 10.3. The van der Waals surface area contributed by atoms with Crippen molar-refractivity contribution >= 4 is 28.4 Å². The molecule has 0 fully saturated rings. The molecular weight excluding hydrogens is 422 g/mol. The first kappa shape index (κ1) is 20.3. The van der Waals surface area contributed by atoms with Crippen LogP contribution in [0.4, 0.5) is 0 Å². The fourth-order valence-electron chi connectivity index (χ4n) is 3.68. The van der Waals surface area contributed by atoms with Gasteiger partial charge in [-0.3, -0.25) is 4.79 Å². The van der Waals surface area contributed by atoms with Crippen LogP contribution >= 0.6 is 11.8 Å². The molecule has 0 saturated heterocycles. The molecule has 6 nitrogen and oxygen atoms in total. The van der Waals surface area contributed by atoms with Crippen LogP contribution in [0.5, 0.6) is 11.5 Å². The van der Waals surface area contributed by atoms with E-state index in [2.05, 4.69) is 15.5 Å². The summed E-state index contributed by atoms with van der Waals surface area (Å²) < 4.78 is 10.8. The Balaban J connectivity index is 1.29. The molecule has 3 aromatic carbocycles. The lowest BCUT2D eigenvalue weighted by molar-refractivity contribution is -0.119. The van der Waals surface area contributed by atoms with Gasteiger partial charge >= 0.3 is 0 Å². The van der Waals surface area contributed by atoms with E-state index in [1.165, 1.54) is 11.8 Å². The van der Waals surface area contributed by atoms with Crippen LogP contribution in [0.15, 0.2) is 77.8 Å². The van der Waals surface area contributed by atoms with E-state index < -0.39 is 0 Å². The van der Waals surface area contributed by atoms with Gasteiger partial charge in [0.2, 0.25) is 12.7 Å². The van der Waals surface area contributed by atoms with Crippen LogP contribution in [0.25, 0.3) is 22.0 Å². The van der Waals surface area contributed by atoms with Crippen LogP contribution in [0, 0.1) is 0 Å². The molecule has 0 bridgehead atoms. The van der Waals surface area contributed by atoms with Gasteiger partial charge in [-0.1, -0.05) is 72.4 Å². The Bertz CT molecular complexity index is 1280. The minimum Gasteiger partial charge on any atom is -0.454 e. The van der Waals surface area contributed by atoms with E-state index in [4.69, 9.17) is 9.47 Å². The standard InChI is InChI=1S/C25H21N3O3S/c1-16(18-11-12-21-22(13-18)31-15-30-21)26-23(29)14-32-25-20-10-6-5-9-19(20)24(27-28-25)17-7-3-2-4-8-17/h2-13,16H,14-15H2,1H3,(H,26,29)/t16-/m0/s1. The molecule has 0 spiro atoms. The second kappa shape index (κ2) is 8.88. The normalized spacial score (nSPS) is 13.2. The average molecular weight is 444 g/mol. The van der Waals surface area contributed by atoms with Crippen molar-refractivity contribution in [2.45, 2.75) is 18.0 Å². The van der Waals surface area contributed by atoms with Crippen molar-refractivity contribution in [3.8, 4) is 22.8 Å². The number of carbonyl (C=O) groups is 1. The number of benzene rings is 3. The van der Waals surface area contributed by atoms with E-state index in [-0.39, 0.29) is 24.5 Å². The molecule has 0 radical (unpaired) electrons. The maximum atomic E-state index is 12.6. The Morgan fingerprint density at radius 3 is 2.56 bits per heavy atom. The smallest absolute Gasteiger partial charge is 0.231 e. The molecular formula is C25H21N3O3S. The molecule has 2 heterocycles. The van der Waals surface area contributed by atoms with Crippen LogP contribution in [0.3, 0.4) is 0 Å². The van der Waals surface area contributed by atoms with Crippen molar-refractivity contribution in [1.82, 2.24) is 15.5 Å². The van der Waals surface area contributed by atoms with Crippen molar-refractivity contribution in [2.24, 2.45) is 0 Å². The van der Waals surface area contributed by atoms with Crippen molar-refractivity contribution in [2.75, 3.05) is 12.5 Å². The molecule has 160 valence electrons. The fourth-order valence-corrected chi connectivity index (χ4v) is 4.46. The van der Waals surface area contributed by atoms with Crippen LogP contribution < -0.4 is 14.8 Å². The van der Waals surface area contributed by atoms with Gasteiger partial charge in [-0.25, -0.2) is 0 Å². The number of fused-ring (bicyclic) bond motifs is 2. The monoisotopic (exact) mass is 443 g/mol. The minimum atomic E-state index is -0.152. The molecule has 1 amide bonds. The van der Waals surface area contributed by atoms with Crippen LogP contribution in [0.1, 0.15) is 18.5 Å². The summed E-state index contributed by atoms with van der Waals surface area (Å²) in [6, 6.07) is 23.6. The van der Waals surface area contributed by atoms with Gasteiger partial charge in [0.1, 0.15) is 10.7 Å². The number of amides is 1. The molecule has 4 aromatic rings. The lowest BCUT2D eigenvalue weighted by Crippen LogP contribution is -2.28. The number of nitrogens with zero attached hydrogens (tertiary/aromatic N) is 2. The van der Waals surface area contributed by atoms with Gasteiger partial charge in [-0.15, -0.1) is 10.2 Å². The van der Waals surface area contributed by atoms with E-state index in [9.17, 15) is 4.79 Å². The molecule has 0 saturated carbocycles. The number of thioether (sulfide) groups is 1. The first-order valence-corrected chi connectivity index (χ1v) is 11.3. The summed E-state index contributed by atoms with van der Waals surface area (Å²) in [4.78, 5) is 12.6. The van der Waals surface area contributed by atoms with Gasteiger partial charge in [0.05, 0.1) is 11.8 Å². The lowest BCUT2D eigenvalue weighted by atomic mass is 10.1. The largest absolute Gasteiger partial charge is 0.454 e. The van der Waals surface area contributed by atoms with Crippen molar-refractivity contribution < 1.29 is 14.3 Å². The number of rotatable bonds is 6. The fraction of sp³-hybridized carbons (Fsp3) is 0.160. The van der Waals surface area contributed by atoms with Crippen LogP contribution in [0.2, 0.25) is 0 Å². The minimum absolute atomic E-state index is 0.0711. The predicted octanol–water partition coefficient (Wildman–Crippen LogP) is 5.00. The molecule has 32 heavy (non-hydrogen) atoms.